The summed E-state index contributed by atoms with van der Waals surface area (Å²) < 4.78 is 1.34. The van der Waals surface area contributed by atoms with Crippen molar-refractivity contribution in [1.29, 1.82) is 0 Å². The van der Waals surface area contributed by atoms with Crippen LogP contribution in [0.4, 0.5) is 5.69 Å². The van der Waals surface area contributed by atoms with Crippen molar-refractivity contribution >= 4 is 32.8 Å². The fourth-order valence-corrected chi connectivity index (χ4v) is 6.34. The van der Waals surface area contributed by atoms with Gasteiger partial charge in [0.15, 0.2) is 0 Å². The number of pyridine rings is 1. The van der Waals surface area contributed by atoms with E-state index < -0.39 is 0 Å². The first-order chi connectivity index (χ1) is 14.2. The minimum absolute atomic E-state index is 0.433. The molecule has 152 valence electrons. The summed E-state index contributed by atoms with van der Waals surface area (Å²) in [6, 6.07) is 5.04. The maximum atomic E-state index is 6.19. The molecule has 6 rings (SSSR count). The van der Waals surface area contributed by atoms with Gasteiger partial charge in [-0.15, -0.1) is 11.3 Å². The van der Waals surface area contributed by atoms with E-state index in [1.54, 1.807) is 0 Å². The third-order valence-corrected chi connectivity index (χ3v) is 8.23. The minimum atomic E-state index is 0.433. The predicted octanol–water partition coefficient (Wildman–Crippen LogP) is 2.96. The quantitative estimate of drug-likeness (QED) is 0.819. The van der Waals surface area contributed by atoms with Crippen LogP contribution in [0.15, 0.2) is 30.0 Å². The summed E-state index contributed by atoms with van der Waals surface area (Å²) in [5, 5.41) is 3.44. The molecule has 4 heterocycles. The molecule has 5 nitrogen and oxygen atoms in total. The molecule has 2 unspecified atom stereocenters. The summed E-state index contributed by atoms with van der Waals surface area (Å²) in [5.74, 6) is 1.39. The molecule has 4 aliphatic rings. The molecule has 6 heteroatoms. The molecule has 0 radical (unpaired) electrons. The maximum absolute atomic E-state index is 6.19. The van der Waals surface area contributed by atoms with E-state index in [1.165, 1.54) is 26.5 Å². The van der Waals surface area contributed by atoms with Gasteiger partial charge in [-0.1, -0.05) is 6.08 Å². The monoisotopic (exact) mass is 407 g/mol. The Hall–Kier alpha value is -1.89. The highest BCUT2D eigenvalue weighted by Crippen LogP contribution is 2.47. The maximum Gasteiger partial charge on any atom is 0.0841 e. The lowest BCUT2D eigenvalue weighted by Crippen LogP contribution is -2.43. The van der Waals surface area contributed by atoms with E-state index in [1.807, 2.05) is 11.3 Å². The number of allylic oxidation sites excluding steroid dienone is 4. The lowest BCUT2D eigenvalue weighted by Gasteiger charge is -2.33. The van der Waals surface area contributed by atoms with Crippen LogP contribution in [0.25, 0.3) is 15.8 Å². The Morgan fingerprint density at radius 2 is 1.86 bits per heavy atom. The molecule has 2 atom stereocenters. The van der Waals surface area contributed by atoms with E-state index in [4.69, 9.17) is 10.7 Å². The number of anilines is 1. The van der Waals surface area contributed by atoms with Crippen LogP contribution in [-0.2, 0) is 0 Å². The molecule has 3 fully saturated rings. The van der Waals surface area contributed by atoms with Crippen molar-refractivity contribution < 1.29 is 0 Å². The molecule has 3 N–H and O–H groups in total. The lowest BCUT2D eigenvalue weighted by molar-refractivity contribution is 0.290. The summed E-state index contributed by atoms with van der Waals surface area (Å²) >= 11 is 1.88. The van der Waals surface area contributed by atoms with Crippen LogP contribution in [0.5, 0.6) is 0 Å². The first kappa shape index (κ1) is 17.9. The first-order valence-electron chi connectivity index (χ1n) is 10.9. The van der Waals surface area contributed by atoms with Crippen LogP contribution >= 0.6 is 11.3 Å². The zero-order valence-electron chi connectivity index (χ0n) is 17.0. The minimum Gasteiger partial charge on any atom is -0.372 e. The van der Waals surface area contributed by atoms with Gasteiger partial charge in [0.1, 0.15) is 0 Å². The van der Waals surface area contributed by atoms with Gasteiger partial charge in [0.05, 0.1) is 21.6 Å². The van der Waals surface area contributed by atoms with Gasteiger partial charge in [0.2, 0.25) is 0 Å². The van der Waals surface area contributed by atoms with Crippen LogP contribution in [-0.4, -0.2) is 55.2 Å². The van der Waals surface area contributed by atoms with Gasteiger partial charge in [-0.25, -0.2) is 4.98 Å². The van der Waals surface area contributed by atoms with Crippen LogP contribution in [0.2, 0.25) is 0 Å². The van der Waals surface area contributed by atoms with E-state index in [9.17, 15) is 0 Å². The highest BCUT2D eigenvalue weighted by molar-refractivity contribution is 7.19. The molecule has 0 amide bonds. The molecule has 2 aliphatic heterocycles. The Labute approximate surface area is 176 Å². The Kier molecular flexibility index (Phi) is 4.22. The fraction of sp³-hybridized carbons (Fsp3) is 0.522. The second-order valence-electron chi connectivity index (χ2n) is 9.00. The number of aromatic nitrogens is 1. The second-order valence-corrected chi connectivity index (χ2v) is 10.3. The third-order valence-electron chi connectivity index (χ3n) is 7.16. The second kappa shape index (κ2) is 6.83. The zero-order chi connectivity index (χ0) is 19.5. The number of hydrogen-bond acceptors (Lipinski definition) is 6. The van der Waals surface area contributed by atoms with Gasteiger partial charge in [0.25, 0.3) is 0 Å². The number of nitrogens with two attached hydrogens (primary N) is 1. The molecule has 2 saturated heterocycles. The van der Waals surface area contributed by atoms with E-state index >= 15 is 0 Å². The smallest absolute Gasteiger partial charge is 0.0841 e. The molecule has 29 heavy (non-hydrogen) atoms. The molecular formula is C23H29N5S. The summed E-state index contributed by atoms with van der Waals surface area (Å²) in [7, 11) is 0. The van der Waals surface area contributed by atoms with E-state index in [2.05, 4.69) is 46.3 Å². The highest BCUT2D eigenvalue weighted by atomic mass is 32.1. The van der Waals surface area contributed by atoms with Crippen LogP contribution in [0, 0.1) is 18.8 Å². The third kappa shape index (κ3) is 3.09. The van der Waals surface area contributed by atoms with Crippen LogP contribution in [0.3, 0.4) is 0 Å². The van der Waals surface area contributed by atoms with Crippen molar-refractivity contribution in [2.24, 2.45) is 17.6 Å². The Morgan fingerprint density at radius 1 is 1.07 bits per heavy atom. The molecule has 0 spiro atoms. The zero-order valence-corrected chi connectivity index (χ0v) is 17.8. The van der Waals surface area contributed by atoms with Gasteiger partial charge in [-0.05, 0) is 55.4 Å². The normalized spacial score (nSPS) is 29.1. The number of nitrogens with one attached hydrogen (secondary N) is 1. The van der Waals surface area contributed by atoms with Crippen molar-refractivity contribution in [3.05, 3.63) is 40.6 Å². The van der Waals surface area contributed by atoms with Gasteiger partial charge in [0, 0.05) is 55.9 Å². The number of fused-ring (bicyclic) bond motifs is 2. The lowest BCUT2D eigenvalue weighted by atomic mass is 9.98. The highest BCUT2D eigenvalue weighted by Gasteiger charge is 2.53. The molecule has 0 bridgehead atoms. The van der Waals surface area contributed by atoms with E-state index in [-0.39, 0.29) is 0 Å². The van der Waals surface area contributed by atoms with Gasteiger partial charge >= 0.3 is 0 Å². The van der Waals surface area contributed by atoms with Gasteiger partial charge < -0.3 is 20.9 Å². The summed E-state index contributed by atoms with van der Waals surface area (Å²) in [6.07, 6.45) is 6.84. The molecule has 2 aliphatic carbocycles. The van der Waals surface area contributed by atoms with Gasteiger partial charge in [-0.3, -0.25) is 0 Å². The number of piperazine rings is 1. The number of piperidine rings is 1. The molecule has 0 aromatic carbocycles. The van der Waals surface area contributed by atoms with E-state index in [0.29, 0.717) is 17.9 Å². The molecular weight excluding hydrogens is 378 g/mol. The topological polar surface area (TPSA) is 57.4 Å². The standard InChI is InChI=1S/C23H29N5S/c1-14-10-20-23(29-14)21(28-12-17-18(13-28)22(17)24)11-19(26-20)15-2-4-16(5-3-15)27-8-6-25-7-9-27/h2,4,10-11,17-18,22,25H,3,5-9,12-13,24H2,1H3. The predicted molar refractivity (Wildman–Crippen MR) is 121 cm³/mol. The SMILES string of the molecule is Cc1cc2nc(C3=CC=C(N4CCNCC4)CC3)cc(N3CC4C(N)C4C3)c2s1. The Balaban J connectivity index is 1.33. The summed E-state index contributed by atoms with van der Waals surface area (Å²) in [4.78, 5) is 11.5. The molecule has 2 aromatic heterocycles. The first-order valence-corrected chi connectivity index (χ1v) is 11.8. The fourth-order valence-electron chi connectivity index (χ4n) is 5.35. The van der Waals surface area contributed by atoms with Crippen LogP contribution < -0.4 is 16.0 Å². The largest absolute Gasteiger partial charge is 0.372 e. The number of rotatable bonds is 3. The number of aryl methyl sites for hydroxylation is 1. The van der Waals surface area contributed by atoms with Crippen molar-refractivity contribution in [1.82, 2.24) is 15.2 Å². The Bertz CT molecular complexity index is 1000. The van der Waals surface area contributed by atoms with Crippen molar-refractivity contribution in [3.8, 4) is 0 Å². The molecule has 2 aromatic rings. The number of thiophene rings is 1. The summed E-state index contributed by atoms with van der Waals surface area (Å²) in [5.41, 5.74) is 12.7. The summed E-state index contributed by atoms with van der Waals surface area (Å²) in [6.45, 7) is 8.83. The average molecular weight is 408 g/mol. The Morgan fingerprint density at radius 3 is 2.59 bits per heavy atom. The average Bonchev–Trinajstić information content (AvgIpc) is 3.11. The van der Waals surface area contributed by atoms with Crippen molar-refractivity contribution in [3.63, 3.8) is 0 Å². The van der Waals surface area contributed by atoms with Crippen molar-refractivity contribution in [2.75, 3.05) is 44.2 Å². The number of hydrogen-bond donors (Lipinski definition) is 2. The van der Waals surface area contributed by atoms with Crippen LogP contribution in [0.1, 0.15) is 23.4 Å². The van der Waals surface area contributed by atoms with E-state index in [0.717, 1.165) is 63.3 Å². The van der Waals surface area contributed by atoms with Gasteiger partial charge in [-0.2, -0.15) is 0 Å². The van der Waals surface area contributed by atoms with Crippen molar-refractivity contribution in [2.45, 2.75) is 25.8 Å². The number of nitrogens with zero attached hydrogens (tertiary/aromatic N) is 3. The molecule has 1 saturated carbocycles.